The number of fused-ring (bicyclic) bond motifs is 1. The number of carbonyl (C=O) groups excluding carboxylic acids is 2. The molecule has 0 fully saturated rings. The molecule has 0 aliphatic carbocycles. The summed E-state index contributed by atoms with van der Waals surface area (Å²) in [7, 11) is 0. The molecule has 1 aromatic heterocycles. The number of hydrogen-bond acceptors (Lipinski definition) is 4. The van der Waals surface area contributed by atoms with Gasteiger partial charge in [0.1, 0.15) is 0 Å². The first-order chi connectivity index (χ1) is 13.7. The number of rotatable bonds is 5. The van der Waals surface area contributed by atoms with Crippen molar-refractivity contribution in [2.24, 2.45) is 0 Å². The Balaban J connectivity index is 1.35. The van der Waals surface area contributed by atoms with Crippen LogP contribution < -0.4 is 4.90 Å². The van der Waals surface area contributed by atoms with Crippen LogP contribution in [0.25, 0.3) is 0 Å². The highest BCUT2D eigenvalue weighted by Gasteiger charge is 2.23. The number of benzene rings is 2. The summed E-state index contributed by atoms with van der Waals surface area (Å²) in [5.74, 6) is -0.694. The molecule has 1 amide bonds. The summed E-state index contributed by atoms with van der Waals surface area (Å²) in [4.78, 5) is 26.6. The normalized spacial score (nSPS) is 13.1. The summed E-state index contributed by atoms with van der Waals surface area (Å²) < 4.78 is 7.06. The molecule has 1 aliphatic rings. The molecular formula is C22H21N3O3. The van der Waals surface area contributed by atoms with Crippen LogP contribution >= 0.6 is 0 Å². The summed E-state index contributed by atoms with van der Waals surface area (Å²) in [5, 5.41) is 4.16. The quantitative estimate of drug-likeness (QED) is 0.643. The van der Waals surface area contributed by atoms with Gasteiger partial charge in [-0.1, -0.05) is 30.3 Å². The highest BCUT2D eigenvalue weighted by Crippen LogP contribution is 2.26. The highest BCUT2D eigenvalue weighted by molar-refractivity contribution is 5.97. The number of esters is 1. The molecule has 0 saturated heterocycles. The Morgan fingerprint density at radius 2 is 1.86 bits per heavy atom. The van der Waals surface area contributed by atoms with Crippen molar-refractivity contribution >= 4 is 17.6 Å². The average molecular weight is 375 g/mol. The van der Waals surface area contributed by atoms with Crippen LogP contribution in [0.3, 0.4) is 0 Å². The molecule has 6 nitrogen and oxygen atoms in total. The molecule has 2 aromatic carbocycles. The summed E-state index contributed by atoms with van der Waals surface area (Å²) in [5.41, 5.74) is 3.52. The molecule has 6 heteroatoms. The zero-order valence-electron chi connectivity index (χ0n) is 15.5. The van der Waals surface area contributed by atoms with E-state index in [0.29, 0.717) is 18.7 Å². The van der Waals surface area contributed by atoms with Gasteiger partial charge in [-0.25, -0.2) is 4.79 Å². The number of aromatic nitrogens is 2. The van der Waals surface area contributed by atoms with Crippen LogP contribution in [0, 0.1) is 0 Å². The van der Waals surface area contributed by atoms with Gasteiger partial charge in [-0.05, 0) is 48.2 Å². The molecule has 0 spiro atoms. The third-order valence-electron chi connectivity index (χ3n) is 4.83. The standard InChI is InChI=1S/C22H21N3O3/c26-21(25-14-3-6-18-5-1-2-7-20(18)25)16-28-22(27)19-10-8-17(9-11-19)15-24-13-4-12-23-24/h1-2,4-5,7-13H,3,6,14-16H2. The molecular weight excluding hydrogens is 354 g/mol. The van der Waals surface area contributed by atoms with Gasteiger partial charge in [0.2, 0.25) is 0 Å². The van der Waals surface area contributed by atoms with Crippen LogP contribution in [-0.2, 0) is 22.5 Å². The largest absolute Gasteiger partial charge is 0.452 e. The predicted molar refractivity (Wildman–Crippen MR) is 105 cm³/mol. The van der Waals surface area contributed by atoms with Crippen molar-refractivity contribution in [2.45, 2.75) is 19.4 Å². The van der Waals surface area contributed by atoms with E-state index in [4.69, 9.17) is 4.74 Å². The van der Waals surface area contributed by atoms with Gasteiger partial charge in [0, 0.05) is 24.6 Å². The van der Waals surface area contributed by atoms with Crippen molar-refractivity contribution < 1.29 is 14.3 Å². The second-order valence-corrected chi connectivity index (χ2v) is 6.75. The first-order valence-corrected chi connectivity index (χ1v) is 9.32. The topological polar surface area (TPSA) is 64.4 Å². The van der Waals surface area contributed by atoms with E-state index in [9.17, 15) is 9.59 Å². The Labute approximate surface area is 163 Å². The minimum Gasteiger partial charge on any atom is -0.452 e. The van der Waals surface area contributed by atoms with Gasteiger partial charge in [0.25, 0.3) is 5.91 Å². The lowest BCUT2D eigenvalue weighted by Crippen LogP contribution is -2.38. The second kappa shape index (κ2) is 8.08. The number of anilines is 1. The average Bonchev–Trinajstić information content (AvgIpc) is 3.25. The molecule has 0 atom stereocenters. The van der Waals surface area contributed by atoms with E-state index >= 15 is 0 Å². The molecule has 0 N–H and O–H groups in total. The van der Waals surface area contributed by atoms with Crippen molar-refractivity contribution in [3.63, 3.8) is 0 Å². The fraction of sp³-hybridized carbons (Fsp3) is 0.227. The van der Waals surface area contributed by atoms with E-state index in [1.165, 1.54) is 0 Å². The molecule has 142 valence electrons. The first-order valence-electron chi connectivity index (χ1n) is 9.32. The molecule has 0 unspecified atom stereocenters. The van der Waals surface area contributed by atoms with Crippen molar-refractivity contribution in [3.8, 4) is 0 Å². The van der Waals surface area contributed by atoms with Crippen molar-refractivity contribution in [2.75, 3.05) is 18.1 Å². The third-order valence-corrected chi connectivity index (χ3v) is 4.83. The molecule has 0 saturated carbocycles. The Morgan fingerprint density at radius 3 is 2.64 bits per heavy atom. The number of carbonyl (C=O) groups is 2. The van der Waals surface area contributed by atoms with Crippen LogP contribution in [0.1, 0.15) is 27.9 Å². The monoisotopic (exact) mass is 375 g/mol. The maximum absolute atomic E-state index is 12.6. The fourth-order valence-electron chi connectivity index (χ4n) is 3.41. The maximum Gasteiger partial charge on any atom is 0.338 e. The van der Waals surface area contributed by atoms with Gasteiger partial charge in [-0.2, -0.15) is 5.10 Å². The molecule has 0 bridgehead atoms. The molecule has 1 aliphatic heterocycles. The molecule has 0 radical (unpaired) electrons. The van der Waals surface area contributed by atoms with Crippen molar-refractivity contribution in [3.05, 3.63) is 83.7 Å². The lowest BCUT2D eigenvalue weighted by Gasteiger charge is -2.29. The Morgan fingerprint density at radius 1 is 1.04 bits per heavy atom. The Bertz CT molecular complexity index is 965. The Hall–Kier alpha value is -3.41. The Kier molecular flexibility index (Phi) is 5.19. The van der Waals surface area contributed by atoms with Crippen LogP contribution in [-0.4, -0.2) is 34.8 Å². The lowest BCUT2D eigenvalue weighted by molar-refractivity contribution is -0.121. The number of ether oxygens (including phenoxy) is 1. The highest BCUT2D eigenvalue weighted by atomic mass is 16.5. The first kappa shape index (κ1) is 18.0. The van der Waals surface area contributed by atoms with Gasteiger partial charge in [0.15, 0.2) is 6.61 Å². The maximum atomic E-state index is 12.6. The van der Waals surface area contributed by atoms with E-state index in [2.05, 4.69) is 5.10 Å². The number of hydrogen-bond donors (Lipinski definition) is 0. The van der Waals surface area contributed by atoms with E-state index < -0.39 is 5.97 Å². The zero-order valence-corrected chi connectivity index (χ0v) is 15.5. The zero-order chi connectivity index (χ0) is 19.3. The van der Waals surface area contributed by atoms with Crippen molar-refractivity contribution in [1.82, 2.24) is 9.78 Å². The van der Waals surface area contributed by atoms with Gasteiger partial charge in [-0.3, -0.25) is 9.48 Å². The summed E-state index contributed by atoms with van der Waals surface area (Å²) in [6, 6.07) is 16.9. The van der Waals surface area contributed by atoms with E-state index in [-0.39, 0.29) is 12.5 Å². The molecule has 3 aromatic rings. The van der Waals surface area contributed by atoms with E-state index in [1.807, 2.05) is 53.3 Å². The van der Waals surface area contributed by atoms with E-state index in [1.54, 1.807) is 23.2 Å². The number of aryl methyl sites for hydroxylation is 1. The minimum atomic E-state index is -0.496. The van der Waals surface area contributed by atoms with Crippen LogP contribution in [0.4, 0.5) is 5.69 Å². The molecule has 2 heterocycles. The van der Waals surface area contributed by atoms with Gasteiger partial charge in [0.05, 0.1) is 12.1 Å². The SMILES string of the molecule is O=C(OCC(=O)N1CCCc2ccccc21)c1ccc(Cn2cccn2)cc1. The molecule has 28 heavy (non-hydrogen) atoms. The van der Waals surface area contributed by atoms with Gasteiger partial charge < -0.3 is 9.64 Å². The van der Waals surface area contributed by atoms with E-state index in [0.717, 1.165) is 29.7 Å². The van der Waals surface area contributed by atoms with Crippen LogP contribution in [0.15, 0.2) is 67.0 Å². The van der Waals surface area contributed by atoms with Crippen LogP contribution in [0.2, 0.25) is 0 Å². The number of amides is 1. The summed E-state index contributed by atoms with van der Waals surface area (Å²) in [6.45, 7) is 1.02. The minimum absolute atomic E-state index is 0.198. The molecule has 4 rings (SSSR count). The summed E-state index contributed by atoms with van der Waals surface area (Å²) in [6.07, 6.45) is 5.48. The second-order valence-electron chi connectivity index (χ2n) is 6.75. The van der Waals surface area contributed by atoms with Gasteiger partial charge >= 0.3 is 5.97 Å². The van der Waals surface area contributed by atoms with Crippen molar-refractivity contribution in [1.29, 1.82) is 0 Å². The number of nitrogens with zero attached hydrogens (tertiary/aromatic N) is 3. The smallest absolute Gasteiger partial charge is 0.338 e. The number of para-hydroxylation sites is 1. The van der Waals surface area contributed by atoms with Gasteiger partial charge in [-0.15, -0.1) is 0 Å². The summed E-state index contributed by atoms with van der Waals surface area (Å²) >= 11 is 0. The van der Waals surface area contributed by atoms with Crippen LogP contribution in [0.5, 0.6) is 0 Å². The predicted octanol–water partition coefficient (Wildman–Crippen LogP) is 3.07. The fourth-order valence-corrected chi connectivity index (χ4v) is 3.41. The lowest BCUT2D eigenvalue weighted by atomic mass is 10.0. The third kappa shape index (κ3) is 3.96.